The van der Waals surface area contributed by atoms with Crippen LogP contribution in [0.2, 0.25) is 0 Å². The molecule has 3 heteroatoms. The molecule has 0 aromatic carbocycles. The minimum absolute atomic E-state index is 0.352. The molecule has 74 valence electrons. The molecule has 0 fully saturated rings. The van der Waals surface area contributed by atoms with Gasteiger partial charge in [0.1, 0.15) is 0 Å². The zero-order chi connectivity index (χ0) is 10.1. The second-order valence-electron chi connectivity index (χ2n) is 4.74. The third-order valence-corrected chi connectivity index (χ3v) is 2.03. The third-order valence-electron chi connectivity index (χ3n) is 2.03. The van der Waals surface area contributed by atoms with Crippen molar-refractivity contribution in [3.8, 4) is 0 Å². The van der Waals surface area contributed by atoms with Crippen LogP contribution in [-0.2, 0) is 6.54 Å². The first-order valence-electron chi connectivity index (χ1n) is 4.68. The van der Waals surface area contributed by atoms with E-state index in [0.717, 1.165) is 18.7 Å². The van der Waals surface area contributed by atoms with E-state index in [4.69, 9.17) is 5.73 Å². The van der Waals surface area contributed by atoms with Gasteiger partial charge in [0.05, 0.1) is 5.69 Å². The molecule has 0 spiro atoms. The fraction of sp³-hybridized carbons (Fsp3) is 0.700. The van der Waals surface area contributed by atoms with Crippen molar-refractivity contribution in [2.24, 2.45) is 5.41 Å². The first-order chi connectivity index (χ1) is 5.88. The average Bonchev–Trinajstić information content (AvgIpc) is 2.24. The summed E-state index contributed by atoms with van der Waals surface area (Å²) in [5.74, 6) is 0.627. The Bertz CT molecular complexity index is 281. The van der Waals surface area contributed by atoms with Crippen molar-refractivity contribution >= 4 is 5.95 Å². The number of nitrogens with two attached hydrogens (primary N) is 1. The van der Waals surface area contributed by atoms with Crippen molar-refractivity contribution in [2.75, 3.05) is 5.73 Å². The molecular formula is C10H19N3. The van der Waals surface area contributed by atoms with Gasteiger partial charge < -0.3 is 10.3 Å². The molecule has 0 radical (unpaired) electrons. The summed E-state index contributed by atoms with van der Waals surface area (Å²) in [4.78, 5) is 4.15. The monoisotopic (exact) mass is 181 g/mol. The molecule has 1 aromatic heterocycles. The van der Waals surface area contributed by atoms with Crippen LogP contribution in [0.5, 0.6) is 0 Å². The van der Waals surface area contributed by atoms with Gasteiger partial charge in [-0.3, -0.25) is 0 Å². The Hall–Kier alpha value is -0.990. The summed E-state index contributed by atoms with van der Waals surface area (Å²) in [6, 6.07) is 0. The second kappa shape index (κ2) is 3.40. The van der Waals surface area contributed by atoms with E-state index in [1.807, 2.05) is 17.7 Å². The van der Waals surface area contributed by atoms with Crippen LogP contribution in [0.15, 0.2) is 6.20 Å². The van der Waals surface area contributed by atoms with E-state index in [-0.39, 0.29) is 0 Å². The third kappa shape index (κ3) is 3.09. The van der Waals surface area contributed by atoms with Gasteiger partial charge in [-0.25, -0.2) is 4.98 Å². The molecule has 0 saturated carbocycles. The predicted molar refractivity (Wildman–Crippen MR) is 55.4 cm³/mol. The van der Waals surface area contributed by atoms with Crippen LogP contribution < -0.4 is 5.73 Å². The van der Waals surface area contributed by atoms with Crippen LogP contribution >= 0.6 is 0 Å². The summed E-state index contributed by atoms with van der Waals surface area (Å²) in [6.45, 7) is 9.60. The summed E-state index contributed by atoms with van der Waals surface area (Å²) in [5.41, 5.74) is 7.07. The molecule has 0 saturated heterocycles. The van der Waals surface area contributed by atoms with E-state index in [0.29, 0.717) is 11.4 Å². The van der Waals surface area contributed by atoms with Crippen LogP contribution in [0.3, 0.4) is 0 Å². The van der Waals surface area contributed by atoms with Crippen LogP contribution in [0.1, 0.15) is 32.9 Å². The topological polar surface area (TPSA) is 43.8 Å². The number of aryl methyl sites for hydroxylation is 2. The number of imidazole rings is 1. The summed E-state index contributed by atoms with van der Waals surface area (Å²) in [7, 11) is 0. The van der Waals surface area contributed by atoms with E-state index < -0.39 is 0 Å². The summed E-state index contributed by atoms with van der Waals surface area (Å²) >= 11 is 0. The van der Waals surface area contributed by atoms with E-state index >= 15 is 0 Å². The maximum Gasteiger partial charge on any atom is 0.200 e. The molecule has 0 aliphatic rings. The molecule has 0 amide bonds. The molecule has 3 nitrogen and oxygen atoms in total. The normalized spacial score (nSPS) is 12.0. The van der Waals surface area contributed by atoms with Gasteiger partial charge in [0.15, 0.2) is 5.95 Å². The first kappa shape index (κ1) is 10.1. The highest BCUT2D eigenvalue weighted by Crippen LogP contribution is 2.20. The number of aromatic nitrogens is 2. The van der Waals surface area contributed by atoms with E-state index in [2.05, 4.69) is 25.8 Å². The molecule has 2 N–H and O–H groups in total. The van der Waals surface area contributed by atoms with Gasteiger partial charge in [0.2, 0.25) is 0 Å². The number of nitrogens with zero attached hydrogens (tertiary/aromatic N) is 2. The van der Waals surface area contributed by atoms with Crippen molar-refractivity contribution in [3.05, 3.63) is 11.9 Å². The van der Waals surface area contributed by atoms with Gasteiger partial charge in [-0.1, -0.05) is 20.8 Å². The van der Waals surface area contributed by atoms with Gasteiger partial charge in [0, 0.05) is 12.7 Å². The van der Waals surface area contributed by atoms with Gasteiger partial charge in [-0.15, -0.1) is 0 Å². The van der Waals surface area contributed by atoms with Crippen LogP contribution in [0.4, 0.5) is 5.95 Å². The summed E-state index contributed by atoms with van der Waals surface area (Å²) in [6.07, 6.45) is 3.12. The molecule has 1 rings (SSSR count). The Morgan fingerprint density at radius 3 is 2.46 bits per heavy atom. The molecule has 0 aliphatic heterocycles. The Morgan fingerprint density at radius 2 is 2.08 bits per heavy atom. The van der Waals surface area contributed by atoms with Gasteiger partial charge in [-0.2, -0.15) is 0 Å². The fourth-order valence-corrected chi connectivity index (χ4v) is 1.20. The maximum absolute atomic E-state index is 5.72. The molecule has 1 heterocycles. The lowest BCUT2D eigenvalue weighted by Crippen LogP contribution is -2.11. The average molecular weight is 181 g/mol. The molecule has 0 aliphatic carbocycles. The number of hydrogen-bond acceptors (Lipinski definition) is 2. The Morgan fingerprint density at radius 1 is 1.46 bits per heavy atom. The number of anilines is 1. The van der Waals surface area contributed by atoms with Crippen molar-refractivity contribution in [1.82, 2.24) is 9.55 Å². The number of nitrogen functional groups attached to an aromatic ring is 1. The molecule has 0 bridgehead atoms. The van der Waals surface area contributed by atoms with Crippen molar-refractivity contribution in [2.45, 2.75) is 40.7 Å². The molecule has 0 atom stereocenters. The minimum atomic E-state index is 0.352. The van der Waals surface area contributed by atoms with Gasteiger partial charge >= 0.3 is 0 Å². The van der Waals surface area contributed by atoms with E-state index in [1.54, 1.807) is 0 Å². The zero-order valence-corrected chi connectivity index (χ0v) is 8.96. The Kier molecular flexibility index (Phi) is 2.64. The zero-order valence-electron chi connectivity index (χ0n) is 8.96. The largest absolute Gasteiger partial charge is 0.369 e. The van der Waals surface area contributed by atoms with Gasteiger partial charge in [-0.05, 0) is 18.8 Å². The molecule has 13 heavy (non-hydrogen) atoms. The standard InChI is InChI=1S/C10H19N3/c1-8-7-13(9(11)12-8)6-5-10(2,3)4/h7H,5-6H2,1-4H3,(H2,11,12). The van der Waals surface area contributed by atoms with Crippen molar-refractivity contribution < 1.29 is 0 Å². The minimum Gasteiger partial charge on any atom is -0.369 e. The lowest BCUT2D eigenvalue weighted by Gasteiger charge is -2.18. The summed E-state index contributed by atoms with van der Waals surface area (Å²) < 4.78 is 2.01. The quantitative estimate of drug-likeness (QED) is 0.760. The summed E-state index contributed by atoms with van der Waals surface area (Å²) in [5, 5.41) is 0. The first-order valence-corrected chi connectivity index (χ1v) is 4.68. The van der Waals surface area contributed by atoms with E-state index in [9.17, 15) is 0 Å². The lowest BCUT2D eigenvalue weighted by atomic mass is 9.92. The highest BCUT2D eigenvalue weighted by atomic mass is 15.1. The van der Waals surface area contributed by atoms with Gasteiger partial charge in [0.25, 0.3) is 0 Å². The van der Waals surface area contributed by atoms with Crippen LogP contribution in [0, 0.1) is 12.3 Å². The second-order valence-corrected chi connectivity index (χ2v) is 4.74. The Labute approximate surface area is 80.0 Å². The predicted octanol–water partition coefficient (Wildman–Crippen LogP) is 2.21. The maximum atomic E-state index is 5.72. The van der Waals surface area contributed by atoms with Crippen molar-refractivity contribution in [3.63, 3.8) is 0 Å². The number of hydrogen-bond donors (Lipinski definition) is 1. The Balaban J connectivity index is 2.59. The fourth-order valence-electron chi connectivity index (χ4n) is 1.20. The molecular weight excluding hydrogens is 162 g/mol. The molecule has 1 aromatic rings. The van der Waals surface area contributed by atoms with Crippen molar-refractivity contribution in [1.29, 1.82) is 0 Å². The lowest BCUT2D eigenvalue weighted by molar-refractivity contribution is 0.351. The van der Waals surface area contributed by atoms with Crippen LogP contribution in [0.25, 0.3) is 0 Å². The highest BCUT2D eigenvalue weighted by Gasteiger charge is 2.11. The van der Waals surface area contributed by atoms with E-state index in [1.165, 1.54) is 0 Å². The highest BCUT2D eigenvalue weighted by molar-refractivity contribution is 5.20. The smallest absolute Gasteiger partial charge is 0.200 e. The number of rotatable bonds is 2. The van der Waals surface area contributed by atoms with Crippen LogP contribution in [-0.4, -0.2) is 9.55 Å². The molecule has 0 unspecified atom stereocenters. The SMILES string of the molecule is Cc1cn(CCC(C)(C)C)c(N)n1.